The topological polar surface area (TPSA) is 83.6 Å². The summed E-state index contributed by atoms with van der Waals surface area (Å²) in [6.45, 7) is 1.63. The van der Waals surface area contributed by atoms with Gasteiger partial charge in [-0.15, -0.1) is 0 Å². The monoisotopic (exact) mass is 344 g/mol. The summed E-state index contributed by atoms with van der Waals surface area (Å²) in [5, 5.41) is 3.22. The number of carbonyl (C=O) groups excluding carboxylic acids is 2. The molecule has 1 aromatic rings. The van der Waals surface area contributed by atoms with Gasteiger partial charge >= 0.3 is 6.03 Å². The highest BCUT2D eigenvalue weighted by molar-refractivity contribution is 7.90. The molecule has 1 heterocycles. The molecule has 0 aliphatic carbocycles. The number of rotatable bonds is 5. The number of urea groups is 1. The van der Waals surface area contributed by atoms with Gasteiger partial charge in [-0.2, -0.15) is 0 Å². The SMILES string of the molecule is CC[C@]1(c2ccc(Cl)cc2)NC(=O)N(CCS(C)(=O)=O)C1=O. The Bertz CT molecular complexity index is 702. The zero-order valence-electron chi connectivity index (χ0n) is 12.3. The van der Waals surface area contributed by atoms with Crippen molar-refractivity contribution in [2.75, 3.05) is 18.6 Å². The van der Waals surface area contributed by atoms with E-state index in [1.165, 1.54) is 0 Å². The Kier molecular flexibility index (Phi) is 4.49. The predicted octanol–water partition coefficient (Wildman–Crippen LogP) is 1.54. The highest BCUT2D eigenvalue weighted by atomic mass is 35.5. The summed E-state index contributed by atoms with van der Waals surface area (Å²) in [6.07, 6.45) is 1.42. The quantitative estimate of drug-likeness (QED) is 0.821. The lowest BCUT2D eigenvalue weighted by Crippen LogP contribution is -2.43. The molecule has 1 aliphatic rings. The summed E-state index contributed by atoms with van der Waals surface area (Å²) in [5.41, 5.74) is -0.543. The van der Waals surface area contributed by atoms with Crippen LogP contribution in [0.1, 0.15) is 18.9 Å². The van der Waals surface area contributed by atoms with Crippen LogP contribution in [0, 0.1) is 0 Å². The number of carbonyl (C=O) groups is 2. The lowest BCUT2D eigenvalue weighted by molar-refractivity contribution is -0.131. The summed E-state index contributed by atoms with van der Waals surface area (Å²) < 4.78 is 22.5. The minimum Gasteiger partial charge on any atom is -0.319 e. The third kappa shape index (κ3) is 3.10. The highest BCUT2D eigenvalue weighted by Crippen LogP contribution is 2.32. The average Bonchev–Trinajstić information content (AvgIpc) is 2.68. The van der Waals surface area contributed by atoms with Crippen LogP contribution in [0.4, 0.5) is 4.79 Å². The zero-order valence-corrected chi connectivity index (χ0v) is 13.9. The number of halogens is 1. The maximum atomic E-state index is 12.7. The molecule has 1 fully saturated rings. The Morgan fingerprint density at radius 2 is 1.82 bits per heavy atom. The van der Waals surface area contributed by atoms with Crippen LogP contribution in [0.3, 0.4) is 0 Å². The molecular weight excluding hydrogens is 328 g/mol. The van der Waals surface area contributed by atoms with E-state index in [2.05, 4.69) is 5.32 Å². The first-order valence-corrected chi connectivity index (χ1v) is 9.21. The summed E-state index contributed by atoms with van der Waals surface area (Å²) in [7, 11) is -3.26. The highest BCUT2D eigenvalue weighted by Gasteiger charge is 2.51. The van der Waals surface area contributed by atoms with Gasteiger partial charge in [-0.05, 0) is 24.1 Å². The number of benzene rings is 1. The number of nitrogens with one attached hydrogen (secondary N) is 1. The number of hydrogen-bond donors (Lipinski definition) is 1. The first kappa shape index (κ1) is 16.8. The molecule has 0 spiro atoms. The Balaban J connectivity index is 2.33. The van der Waals surface area contributed by atoms with Crippen LogP contribution in [0.25, 0.3) is 0 Å². The van der Waals surface area contributed by atoms with Crippen molar-refractivity contribution in [3.8, 4) is 0 Å². The van der Waals surface area contributed by atoms with Crippen molar-refractivity contribution in [1.29, 1.82) is 0 Å². The van der Waals surface area contributed by atoms with Crippen molar-refractivity contribution in [2.24, 2.45) is 0 Å². The van der Waals surface area contributed by atoms with Crippen LogP contribution in [0.2, 0.25) is 5.02 Å². The zero-order chi connectivity index (χ0) is 16.5. The summed E-state index contributed by atoms with van der Waals surface area (Å²) in [4.78, 5) is 25.7. The number of hydrogen-bond acceptors (Lipinski definition) is 4. The molecule has 0 bridgehead atoms. The van der Waals surface area contributed by atoms with E-state index in [0.29, 0.717) is 17.0 Å². The molecule has 6 nitrogen and oxygen atoms in total. The Morgan fingerprint density at radius 3 is 2.32 bits per heavy atom. The van der Waals surface area contributed by atoms with Gasteiger partial charge in [0.2, 0.25) is 0 Å². The second kappa shape index (κ2) is 5.89. The summed E-state index contributed by atoms with van der Waals surface area (Å²) in [5.74, 6) is -0.696. The maximum Gasteiger partial charge on any atom is 0.325 e. The van der Waals surface area contributed by atoms with Crippen LogP contribution in [-0.2, 0) is 20.2 Å². The van der Waals surface area contributed by atoms with Gasteiger partial charge in [0, 0.05) is 17.8 Å². The van der Waals surface area contributed by atoms with Gasteiger partial charge in [0.15, 0.2) is 0 Å². The molecule has 1 aromatic carbocycles. The molecular formula is C14H17ClN2O4S. The van der Waals surface area contributed by atoms with Gasteiger partial charge in [-0.25, -0.2) is 13.2 Å². The maximum absolute atomic E-state index is 12.7. The molecule has 1 saturated heterocycles. The Morgan fingerprint density at radius 1 is 1.23 bits per heavy atom. The van der Waals surface area contributed by atoms with Gasteiger partial charge in [0.05, 0.1) is 5.75 Å². The third-order valence-corrected chi connectivity index (χ3v) is 4.90. The fraction of sp³-hybridized carbons (Fsp3) is 0.429. The van der Waals surface area contributed by atoms with E-state index in [1.54, 1.807) is 31.2 Å². The molecule has 0 radical (unpaired) electrons. The standard InChI is InChI=1S/C14H17ClN2O4S/c1-3-14(10-4-6-11(15)7-5-10)12(18)17(13(19)16-14)8-9-22(2,20)21/h4-7H,3,8-9H2,1-2H3,(H,16,19)/t14-/m1/s1. The van der Waals surface area contributed by atoms with E-state index < -0.39 is 27.3 Å². The second-order valence-corrected chi connectivity index (χ2v) is 7.98. The van der Waals surface area contributed by atoms with E-state index in [-0.39, 0.29) is 12.3 Å². The van der Waals surface area contributed by atoms with Crippen molar-refractivity contribution < 1.29 is 18.0 Å². The fourth-order valence-electron chi connectivity index (χ4n) is 2.46. The van der Waals surface area contributed by atoms with Crippen LogP contribution < -0.4 is 5.32 Å². The van der Waals surface area contributed by atoms with E-state index in [9.17, 15) is 18.0 Å². The van der Waals surface area contributed by atoms with E-state index in [0.717, 1.165) is 11.2 Å². The fourth-order valence-corrected chi connectivity index (χ4v) is 3.10. The largest absolute Gasteiger partial charge is 0.325 e. The van der Waals surface area contributed by atoms with Crippen molar-refractivity contribution in [1.82, 2.24) is 10.2 Å². The molecule has 120 valence electrons. The van der Waals surface area contributed by atoms with Gasteiger partial charge in [0.1, 0.15) is 15.4 Å². The molecule has 3 amide bonds. The van der Waals surface area contributed by atoms with Gasteiger partial charge in [-0.3, -0.25) is 9.69 Å². The molecule has 0 saturated carbocycles. The molecule has 0 aromatic heterocycles. The Hall–Kier alpha value is -1.60. The molecule has 0 unspecified atom stereocenters. The molecule has 1 atom stereocenters. The first-order chi connectivity index (χ1) is 10.2. The van der Waals surface area contributed by atoms with E-state index >= 15 is 0 Å². The van der Waals surface area contributed by atoms with Gasteiger partial charge in [0.25, 0.3) is 5.91 Å². The molecule has 8 heteroatoms. The number of nitrogens with zero attached hydrogens (tertiary/aromatic N) is 1. The minimum atomic E-state index is -3.26. The van der Waals surface area contributed by atoms with Gasteiger partial charge in [-0.1, -0.05) is 30.7 Å². The minimum absolute atomic E-state index is 0.154. The lowest BCUT2D eigenvalue weighted by atomic mass is 9.87. The average molecular weight is 345 g/mol. The molecule has 1 aliphatic heterocycles. The van der Waals surface area contributed by atoms with Crippen LogP contribution in [0.5, 0.6) is 0 Å². The van der Waals surface area contributed by atoms with Crippen molar-refractivity contribution in [3.05, 3.63) is 34.9 Å². The van der Waals surface area contributed by atoms with Crippen LogP contribution in [-0.4, -0.2) is 43.8 Å². The van der Waals surface area contributed by atoms with Crippen molar-refractivity contribution in [3.63, 3.8) is 0 Å². The van der Waals surface area contributed by atoms with Crippen molar-refractivity contribution in [2.45, 2.75) is 18.9 Å². The third-order valence-electron chi connectivity index (χ3n) is 3.73. The van der Waals surface area contributed by atoms with Crippen LogP contribution in [0.15, 0.2) is 24.3 Å². The van der Waals surface area contributed by atoms with E-state index in [4.69, 9.17) is 11.6 Å². The normalized spacial score (nSPS) is 22.0. The molecule has 2 rings (SSSR count). The summed E-state index contributed by atoms with van der Waals surface area (Å²) >= 11 is 5.85. The number of imide groups is 1. The Labute approximate surface area is 134 Å². The number of amides is 3. The molecule has 1 N–H and O–H groups in total. The lowest BCUT2D eigenvalue weighted by Gasteiger charge is -2.25. The summed E-state index contributed by atoms with van der Waals surface area (Å²) in [6, 6.07) is 6.08. The van der Waals surface area contributed by atoms with Gasteiger partial charge < -0.3 is 5.32 Å². The first-order valence-electron chi connectivity index (χ1n) is 6.77. The van der Waals surface area contributed by atoms with E-state index in [1.807, 2.05) is 0 Å². The smallest absolute Gasteiger partial charge is 0.319 e. The van der Waals surface area contributed by atoms with Crippen LogP contribution >= 0.6 is 11.6 Å². The predicted molar refractivity (Wildman–Crippen MR) is 83.4 cm³/mol. The number of sulfone groups is 1. The molecule has 22 heavy (non-hydrogen) atoms. The van der Waals surface area contributed by atoms with Crippen molar-refractivity contribution >= 4 is 33.4 Å². The second-order valence-electron chi connectivity index (χ2n) is 5.28.